The highest BCUT2D eigenvalue weighted by Gasteiger charge is 2.15. The van der Waals surface area contributed by atoms with Crippen molar-refractivity contribution >= 4 is 32.3 Å². The molecule has 9 aromatic carbocycles. The predicted molar refractivity (Wildman–Crippen MR) is 227 cm³/mol. The lowest BCUT2D eigenvalue weighted by atomic mass is 9.92. The maximum absolute atomic E-state index is 5.33. The molecule has 0 aliphatic heterocycles. The molecule has 0 aliphatic carbocycles. The molecular weight excluding hydrogens is 653 g/mol. The van der Waals surface area contributed by atoms with Crippen molar-refractivity contribution in [3.63, 3.8) is 0 Å². The van der Waals surface area contributed by atoms with Crippen molar-refractivity contribution in [3.05, 3.63) is 206 Å². The van der Waals surface area contributed by atoms with Gasteiger partial charge in [-0.15, -0.1) is 0 Å². The van der Waals surface area contributed by atoms with E-state index in [1.54, 1.807) is 0 Å². The Bertz CT molecular complexity index is 2880. The number of rotatable bonds is 6. The largest absolute Gasteiger partial charge is 0.228 e. The SMILES string of the molecule is c1ccc(-c2ccc(-c3cc(-c4cc(-c5ccc6ccccc6c5)cc(-c5ccc6ccccc6c5)c4)nc(-c4ccc5ccccc5c4)n3)cc2)cc1. The fraction of sp³-hybridized carbons (Fsp3) is 0. The van der Waals surface area contributed by atoms with Crippen LogP contribution < -0.4 is 0 Å². The van der Waals surface area contributed by atoms with E-state index in [9.17, 15) is 0 Å². The van der Waals surface area contributed by atoms with Gasteiger partial charge in [-0.05, 0) is 108 Å². The third-order valence-electron chi connectivity index (χ3n) is 10.4. The van der Waals surface area contributed by atoms with Crippen LogP contribution in [0.4, 0.5) is 0 Å². The van der Waals surface area contributed by atoms with E-state index < -0.39 is 0 Å². The van der Waals surface area contributed by atoms with Crippen LogP contribution in [-0.2, 0) is 0 Å². The minimum atomic E-state index is 0.698. The first kappa shape index (κ1) is 31.6. The molecule has 2 nitrogen and oxygen atoms in total. The van der Waals surface area contributed by atoms with Crippen LogP contribution in [0.5, 0.6) is 0 Å². The molecule has 0 atom stereocenters. The van der Waals surface area contributed by atoms with Crippen LogP contribution in [0.2, 0.25) is 0 Å². The van der Waals surface area contributed by atoms with Crippen LogP contribution in [0.25, 0.3) is 99.6 Å². The Morgan fingerprint density at radius 2 is 0.574 bits per heavy atom. The van der Waals surface area contributed by atoms with Gasteiger partial charge < -0.3 is 0 Å². The smallest absolute Gasteiger partial charge is 0.160 e. The second-order valence-electron chi connectivity index (χ2n) is 13.9. The van der Waals surface area contributed by atoms with E-state index in [1.807, 2.05) is 0 Å². The Morgan fingerprint density at radius 1 is 0.204 bits per heavy atom. The first-order chi connectivity index (χ1) is 26.7. The van der Waals surface area contributed by atoms with Crippen molar-refractivity contribution in [2.75, 3.05) is 0 Å². The third kappa shape index (κ3) is 6.10. The van der Waals surface area contributed by atoms with Gasteiger partial charge in [0.1, 0.15) is 0 Å². The van der Waals surface area contributed by atoms with Crippen LogP contribution in [-0.4, -0.2) is 9.97 Å². The zero-order chi connectivity index (χ0) is 35.8. The quantitative estimate of drug-likeness (QED) is 0.174. The van der Waals surface area contributed by atoms with E-state index in [4.69, 9.17) is 9.97 Å². The summed E-state index contributed by atoms with van der Waals surface area (Å²) in [5, 5.41) is 7.24. The summed E-state index contributed by atoms with van der Waals surface area (Å²) in [6.07, 6.45) is 0. The van der Waals surface area contributed by atoms with Gasteiger partial charge in [-0.25, -0.2) is 9.97 Å². The van der Waals surface area contributed by atoms with Crippen molar-refractivity contribution in [1.29, 1.82) is 0 Å². The van der Waals surface area contributed by atoms with E-state index in [0.29, 0.717) is 5.82 Å². The number of benzene rings is 9. The summed E-state index contributed by atoms with van der Waals surface area (Å²) < 4.78 is 0. The van der Waals surface area contributed by atoms with E-state index in [-0.39, 0.29) is 0 Å². The van der Waals surface area contributed by atoms with E-state index in [1.165, 1.54) is 38.1 Å². The monoisotopic (exact) mass is 686 g/mol. The molecule has 2 heteroatoms. The van der Waals surface area contributed by atoms with Crippen molar-refractivity contribution in [2.45, 2.75) is 0 Å². The summed E-state index contributed by atoms with van der Waals surface area (Å²) in [4.78, 5) is 10.6. The molecule has 0 fully saturated rings. The first-order valence-electron chi connectivity index (χ1n) is 18.4. The zero-order valence-corrected chi connectivity index (χ0v) is 29.5. The Balaban J connectivity index is 1.17. The van der Waals surface area contributed by atoms with Gasteiger partial charge in [-0.3, -0.25) is 0 Å². The molecule has 0 radical (unpaired) electrons. The van der Waals surface area contributed by atoms with E-state index in [0.717, 1.165) is 55.7 Å². The summed E-state index contributed by atoms with van der Waals surface area (Å²) in [6, 6.07) is 73.7. The topological polar surface area (TPSA) is 25.8 Å². The van der Waals surface area contributed by atoms with Crippen molar-refractivity contribution in [1.82, 2.24) is 9.97 Å². The fourth-order valence-electron chi connectivity index (χ4n) is 7.51. The number of fused-ring (bicyclic) bond motifs is 3. The third-order valence-corrected chi connectivity index (χ3v) is 10.4. The average Bonchev–Trinajstić information content (AvgIpc) is 3.26. The van der Waals surface area contributed by atoms with E-state index in [2.05, 4.69) is 206 Å². The van der Waals surface area contributed by atoms with Gasteiger partial charge >= 0.3 is 0 Å². The van der Waals surface area contributed by atoms with Gasteiger partial charge in [-0.2, -0.15) is 0 Å². The minimum Gasteiger partial charge on any atom is -0.228 e. The molecule has 54 heavy (non-hydrogen) atoms. The maximum atomic E-state index is 5.33. The van der Waals surface area contributed by atoms with Crippen LogP contribution in [0.3, 0.4) is 0 Å². The molecule has 0 saturated carbocycles. The van der Waals surface area contributed by atoms with Gasteiger partial charge in [0.25, 0.3) is 0 Å². The van der Waals surface area contributed by atoms with Gasteiger partial charge in [0.2, 0.25) is 0 Å². The van der Waals surface area contributed by atoms with Gasteiger partial charge in [0, 0.05) is 16.7 Å². The maximum Gasteiger partial charge on any atom is 0.160 e. The highest BCUT2D eigenvalue weighted by Crippen LogP contribution is 2.37. The Morgan fingerprint density at radius 3 is 1.11 bits per heavy atom. The molecular formula is C52H34N2. The lowest BCUT2D eigenvalue weighted by Crippen LogP contribution is -1.97. The van der Waals surface area contributed by atoms with Gasteiger partial charge in [0.05, 0.1) is 11.4 Å². The molecule has 10 aromatic rings. The van der Waals surface area contributed by atoms with Crippen LogP contribution in [0.15, 0.2) is 206 Å². The number of hydrogen-bond acceptors (Lipinski definition) is 2. The predicted octanol–water partition coefficient (Wildman–Crippen LogP) is 13.9. The normalized spacial score (nSPS) is 11.3. The highest BCUT2D eigenvalue weighted by atomic mass is 14.9. The molecule has 0 N–H and O–H groups in total. The average molecular weight is 687 g/mol. The molecule has 10 rings (SSSR count). The summed E-state index contributed by atoms with van der Waals surface area (Å²) >= 11 is 0. The number of aromatic nitrogens is 2. The van der Waals surface area contributed by atoms with Crippen molar-refractivity contribution < 1.29 is 0 Å². The lowest BCUT2D eigenvalue weighted by molar-refractivity contribution is 1.18. The molecule has 0 unspecified atom stereocenters. The second kappa shape index (κ2) is 13.4. The molecule has 1 heterocycles. The Labute approximate surface area is 314 Å². The highest BCUT2D eigenvalue weighted by molar-refractivity contribution is 5.92. The molecule has 0 amide bonds. The standard InChI is InChI=1S/C52H34N2/c1-2-10-35(11-3-1)39-18-23-40(24-19-39)50-34-51(54-52(53-50)46-27-22-38-14-6-9-17-43(38)30-46)49-32-47(44-25-20-36-12-4-7-15-41(36)28-44)31-48(33-49)45-26-21-37-13-5-8-16-42(37)29-45/h1-34H. The fourth-order valence-corrected chi connectivity index (χ4v) is 7.51. The summed E-state index contributed by atoms with van der Waals surface area (Å²) in [6.45, 7) is 0. The first-order valence-corrected chi connectivity index (χ1v) is 18.4. The summed E-state index contributed by atoms with van der Waals surface area (Å²) in [7, 11) is 0. The second-order valence-corrected chi connectivity index (χ2v) is 13.9. The molecule has 0 aliphatic rings. The zero-order valence-electron chi connectivity index (χ0n) is 29.5. The van der Waals surface area contributed by atoms with Gasteiger partial charge in [0.15, 0.2) is 5.82 Å². The van der Waals surface area contributed by atoms with E-state index >= 15 is 0 Å². The van der Waals surface area contributed by atoms with Crippen LogP contribution >= 0.6 is 0 Å². The molecule has 0 saturated heterocycles. The molecule has 252 valence electrons. The van der Waals surface area contributed by atoms with Crippen LogP contribution in [0.1, 0.15) is 0 Å². The number of nitrogens with zero attached hydrogens (tertiary/aromatic N) is 2. The van der Waals surface area contributed by atoms with Crippen LogP contribution in [0, 0.1) is 0 Å². The molecule has 0 spiro atoms. The lowest BCUT2D eigenvalue weighted by Gasteiger charge is -2.14. The molecule has 0 bridgehead atoms. The minimum absolute atomic E-state index is 0.698. The number of hydrogen-bond donors (Lipinski definition) is 0. The van der Waals surface area contributed by atoms with Gasteiger partial charge in [-0.1, -0.05) is 164 Å². The molecule has 1 aromatic heterocycles. The van der Waals surface area contributed by atoms with Crippen molar-refractivity contribution in [2.24, 2.45) is 0 Å². The Hall–Kier alpha value is -7.16. The summed E-state index contributed by atoms with van der Waals surface area (Å²) in [5.41, 5.74) is 11.8. The Kier molecular flexibility index (Phi) is 7.85. The van der Waals surface area contributed by atoms with Crippen molar-refractivity contribution in [3.8, 4) is 67.3 Å². The summed E-state index contributed by atoms with van der Waals surface area (Å²) in [5.74, 6) is 0.698.